The molecule has 1 N–H and O–H groups in total. The van der Waals surface area contributed by atoms with Crippen molar-refractivity contribution in [1.82, 2.24) is 0 Å². The molecule has 0 fully saturated rings. The molecular formula is C12H10O3S. The van der Waals surface area contributed by atoms with Crippen LogP contribution in [0.15, 0.2) is 59.5 Å². The summed E-state index contributed by atoms with van der Waals surface area (Å²) in [5.41, 5.74) is 0. The molecular weight excluding hydrogens is 224 g/mol. The Hall–Kier alpha value is -1.81. The van der Waals surface area contributed by atoms with Crippen LogP contribution in [0.5, 0.6) is 11.5 Å². The highest BCUT2D eigenvalue weighted by atomic mass is 32.2. The Morgan fingerprint density at radius 1 is 0.938 bits per heavy atom. The summed E-state index contributed by atoms with van der Waals surface area (Å²) in [4.78, 5) is 0.607. The number of aromatic hydroxyl groups is 1. The summed E-state index contributed by atoms with van der Waals surface area (Å²) in [6.07, 6.45) is 0. The molecule has 0 bridgehead atoms. The third-order valence-electron chi connectivity index (χ3n) is 1.94. The van der Waals surface area contributed by atoms with Crippen LogP contribution in [0.3, 0.4) is 0 Å². The van der Waals surface area contributed by atoms with Crippen molar-refractivity contribution in [2.24, 2.45) is 0 Å². The van der Waals surface area contributed by atoms with E-state index in [2.05, 4.69) is 0 Å². The van der Waals surface area contributed by atoms with Gasteiger partial charge in [0.2, 0.25) is 11.1 Å². The van der Waals surface area contributed by atoms with Gasteiger partial charge in [0.25, 0.3) is 0 Å². The average Bonchev–Trinajstić information content (AvgIpc) is 2.33. The SMILES string of the molecule is O=S(Oc1ccc(O)cc1)c1ccccc1. The van der Waals surface area contributed by atoms with Crippen molar-refractivity contribution in [3.63, 3.8) is 0 Å². The van der Waals surface area contributed by atoms with Gasteiger partial charge in [-0.3, -0.25) is 0 Å². The molecule has 0 heterocycles. The van der Waals surface area contributed by atoms with Crippen molar-refractivity contribution in [2.45, 2.75) is 4.90 Å². The molecule has 0 aliphatic carbocycles. The second kappa shape index (κ2) is 4.81. The first-order valence-corrected chi connectivity index (χ1v) is 5.77. The number of phenolic OH excluding ortho intramolecular Hbond substituents is 1. The summed E-state index contributed by atoms with van der Waals surface area (Å²) in [6.45, 7) is 0. The molecule has 0 aromatic heterocycles. The second-order valence-corrected chi connectivity index (χ2v) is 4.23. The largest absolute Gasteiger partial charge is 0.508 e. The molecule has 0 aliphatic rings. The van der Waals surface area contributed by atoms with Gasteiger partial charge >= 0.3 is 0 Å². The molecule has 0 spiro atoms. The fourth-order valence-electron chi connectivity index (χ4n) is 1.17. The maximum Gasteiger partial charge on any atom is 0.240 e. The molecule has 1 unspecified atom stereocenters. The molecule has 0 saturated carbocycles. The molecule has 4 heteroatoms. The lowest BCUT2D eigenvalue weighted by atomic mass is 10.3. The summed E-state index contributed by atoms with van der Waals surface area (Å²) in [7, 11) is 0. The van der Waals surface area contributed by atoms with Crippen LogP contribution >= 0.6 is 0 Å². The van der Waals surface area contributed by atoms with Gasteiger partial charge in [-0.15, -0.1) is 0 Å². The molecule has 0 aliphatic heterocycles. The first-order chi connectivity index (χ1) is 7.75. The maximum absolute atomic E-state index is 11.7. The van der Waals surface area contributed by atoms with Crippen LogP contribution in [0, 0.1) is 0 Å². The summed E-state index contributed by atoms with van der Waals surface area (Å²) in [6, 6.07) is 15.0. The number of hydrogen-bond donors (Lipinski definition) is 1. The van der Waals surface area contributed by atoms with Gasteiger partial charge in [-0.2, -0.15) is 0 Å². The topological polar surface area (TPSA) is 46.5 Å². The number of hydrogen-bond acceptors (Lipinski definition) is 3. The monoisotopic (exact) mass is 234 g/mol. The highest BCUT2D eigenvalue weighted by Gasteiger charge is 2.05. The van der Waals surface area contributed by atoms with Crippen LogP contribution in [0.25, 0.3) is 0 Å². The van der Waals surface area contributed by atoms with Gasteiger partial charge in [-0.25, -0.2) is 4.21 Å². The summed E-state index contributed by atoms with van der Waals surface area (Å²) < 4.78 is 16.9. The van der Waals surface area contributed by atoms with Gasteiger partial charge in [0.05, 0.1) is 4.90 Å². The van der Waals surface area contributed by atoms with E-state index in [4.69, 9.17) is 9.29 Å². The van der Waals surface area contributed by atoms with Gasteiger partial charge in [0, 0.05) is 0 Å². The summed E-state index contributed by atoms with van der Waals surface area (Å²) >= 11 is -1.52. The van der Waals surface area contributed by atoms with Gasteiger partial charge in [-0.05, 0) is 36.4 Å². The first kappa shape index (κ1) is 10.7. The fourth-order valence-corrected chi connectivity index (χ4v) is 1.93. The Bertz CT molecular complexity index is 479. The van der Waals surface area contributed by atoms with E-state index in [9.17, 15) is 4.21 Å². The lowest BCUT2D eigenvalue weighted by Crippen LogP contribution is -2.00. The van der Waals surface area contributed by atoms with Gasteiger partial charge < -0.3 is 9.29 Å². The van der Waals surface area contributed by atoms with Crippen molar-refractivity contribution >= 4 is 11.1 Å². The van der Waals surface area contributed by atoms with Crippen LogP contribution in [0.4, 0.5) is 0 Å². The van der Waals surface area contributed by atoms with Crippen molar-refractivity contribution in [2.75, 3.05) is 0 Å². The van der Waals surface area contributed by atoms with Crippen LogP contribution in [-0.2, 0) is 11.1 Å². The summed E-state index contributed by atoms with van der Waals surface area (Å²) in [5.74, 6) is 0.609. The van der Waals surface area contributed by atoms with Crippen LogP contribution in [-0.4, -0.2) is 9.32 Å². The van der Waals surface area contributed by atoms with Gasteiger partial charge in [-0.1, -0.05) is 18.2 Å². The molecule has 2 aromatic rings. The van der Waals surface area contributed by atoms with Crippen molar-refractivity contribution in [3.05, 3.63) is 54.6 Å². The zero-order chi connectivity index (χ0) is 11.4. The molecule has 2 rings (SSSR count). The minimum atomic E-state index is -1.52. The Morgan fingerprint density at radius 2 is 1.56 bits per heavy atom. The highest BCUT2D eigenvalue weighted by Crippen LogP contribution is 2.18. The smallest absolute Gasteiger partial charge is 0.240 e. The Balaban J connectivity index is 2.11. The molecule has 3 nitrogen and oxygen atoms in total. The molecule has 2 aromatic carbocycles. The lowest BCUT2D eigenvalue weighted by Gasteiger charge is -2.04. The fraction of sp³-hybridized carbons (Fsp3) is 0. The van der Waals surface area contributed by atoms with E-state index >= 15 is 0 Å². The number of benzene rings is 2. The molecule has 16 heavy (non-hydrogen) atoms. The zero-order valence-electron chi connectivity index (χ0n) is 8.37. The predicted octanol–water partition coefficient (Wildman–Crippen LogP) is 2.49. The van der Waals surface area contributed by atoms with Crippen molar-refractivity contribution < 1.29 is 13.5 Å². The first-order valence-electron chi connectivity index (χ1n) is 4.70. The maximum atomic E-state index is 11.7. The standard InChI is InChI=1S/C12H10O3S/c13-10-6-8-11(9-7-10)15-16(14)12-4-2-1-3-5-12/h1-9,13H. The minimum absolute atomic E-state index is 0.151. The van der Waals surface area contributed by atoms with E-state index in [0.29, 0.717) is 10.6 Å². The van der Waals surface area contributed by atoms with E-state index in [1.54, 1.807) is 36.4 Å². The van der Waals surface area contributed by atoms with Crippen molar-refractivity contribution in [1.29, 1.82) is 0 Å². The van der Waals surface area contributed by atoms with Crippen LogP contribution in [0.2, 0.25) is 0 Å². The minimum Gasteiger partial charge on any atom is -0.508 e. The third kappa shape index (κ3) is 2.61. The van der Waals surface area contributed by atoms with E-state index in [1.807, 2.05) is 6.07 Å². The zero-order valence-corrected chi connectivity index (χ0v) is 9.18. The Labute approximate surface area is 96.0 Å². The highest BCUT2D eigenvalue weighted by molar-refractivity contribution is 7.80. The van der Waals surface area contributed by atoms with Crippen LogP contribution < -0.4 is 4.18 Å². The normalized spacial score (nSPS) is 12.0. The third-order valence-corrected chi connectivity index (χ3v) is 2.95. The van der Waals surface area contributed by atoms with E-state index in [0.717, 1.165) is 0 Å². The molecule has 0 amide bonds. The molecule has 0 saturated heterocycles. The van der Waals surface area contributed by atoms with Gasteiger partial charge in [0.1, 0.15) is 11.5 Å². The van der Waals surface area contributed by atoms with E-state index < -0.39 is 11.1 Å². The number of rotatable bonds is 3. The Morgan fingerprint density at radius 3 is 2.19 bits per heavy atom. The quantitative estimate of drug-likeness (QED) is 0.887. The second-order valence-electron chi connectivity index (χ2n) is 3.12. The summed E-state index contributed by atoms with van der Waals surface area (Å²) in [5, 5.41) is 9.08. The van der Waals surface area contributed by atoms with Crippen LogP contribution in [0.1, 0.15) is 0 Å². The predicted molar refractivity (Wildman–Crippen MR) is 61.6 cm³/mol. The molecule has 82 valence electrons. The average molecular weight is 234 g/mol. The lowest BCUT2D eigenvalue weighted by molar-refractivity contribution is 0.473. The molecule has 0 radical (unpaired) electrons. The van der Waals surface area contributed by atoms with Gasteiger partial charge in [0.15, 0.2) is 0 Å². The number of phenols is 1. The molecule has 1 atom stereocenters. The van der Waals surface area contributed by atoms with E-state index in [1.165, 1.54) is 12.1 Å². The van der Waals surface area contributed by atoms with E-state index in [-0.39, 0.29) is 5.75 Å². The van der Waals surface area contributed by atoms with Crippen molar-refractivity contribution in [3.8, 4) is 11.5 Å². The Kier molecular flexibility index (Phi) is 3.22.